The van der Waals surface area contributed by atoms with Crippen molar-refractivity contribution < 1.29 is 8.42 Å². The summed E-state index contributed by atoms with van der Waals surface area (Å²) in [5.41, 5.74) is 5.31. The molecule has 0 spiro atoms. The highest BCUT2D eigenvalue weighted by molar-refractivity contribution is 7.90. The molecule has 1 aliphatic rings. The molecule has 0 bridgehead atoms. The molecule has 1 unspecified atom stereocenters. The molecule has 0 radical (unpaired) electrons. The minimum absolute atomic E-state index is 0.102. The normalized spacial score (nSPS) is 14.2. The molecule has 7 nitrogen and oxygen atoms in total. The number of hydrogen-bond donors (Lipinski definition) is 1. The van der Waals surface area contributed by atoms with Crippen LogP contribution in [0.4, 0.5) is 11.6 Å². The zero-order chi connectivity index (χ0) is 24.9. The van der Waals surface area contributed by atoms with E-state index in [1.807, 2.05) is 38.1 Å². The van der Waals surface area contributed by atoms with Crippen molar-refractivity contribution >= 4 is 32.4 Å². The predicted octanol–water partition coefficient (Wildman–Crippen LogP) is 4.34. The molecule has 1 aliphatic heterocycles. The monoisotopic (exact) mass is 488 g/mol. The van der Waals surface area contributed by atoms with Crippen molar-refractivity contribution in [3.8, 4) is 0 Å². The van der Waals surface area contributed by atoms with Crippen molar-refractivity contribution in [3.63, 3.8) is 0 Å². The summed E-state index contributed by atoms with van der Waals surface area (Å²) in [5.74, 6) is 0.618. The Labute approximate surface area is 205 Å². The molecule has 3 aromatic carbocycles. The van der Waals surface area contributed by atoms with Crippen LogP contribution in [0.15, 0.2) is 70.4 Å². The minimum atomic E-state index is -3.41. The molecular weight excluding hydrogens is 460 g/mol. The first-order chi connectivity index (χ1) is 16.6. The van der Waals surface area contributed by atoms with Gasteiger partial charge in [0, 0.05) is 32.0 Å². The number of aryl methyl sites for hydroxylation is 1. The van der Waals surface area contributed by atoms with E-state index in [-0.39, 0.29) is 16.5 Å². The smallest absolute Gasteiger partial charge is 0.262 e. The lowest BCUT2D eigenvalue weighted by atomic mass is 10.0. The van der Waals surface area contributed by atoms with Gasteiger partial charge in [0.1, 0.15) is 0 Å². The zero-order valence-corrected chi connectivity index (χ0v) is 21.1. The fraction of sp³-hybridized carbons (Fsp3) is 0.259. The molecule has 4 aromatic rings. The van der Waals surface area contributed by atoms with E-state index in [1.165, 1.54) is 17.4 Å². The zero-order valence-electron chi connectivity index (χ0n) is 20.2. The van der Waals surface area contributed by atoms with Crippen molar-refractivity contribution in [3.05, 3.63) is 93.3 Å². The fourth-order valence-electron chi connectivity index (χ4n) is 4.85. The van der Waals surface area contributed by atoms with E-state index in [1.54, 1.807) is 35.9 Å². The predicted molar refractivity (Wildman–Crippen MR) is 140 cm³/mol. The molecule has 1 atom stereocenters. The SMILES string of the molecule is Cc1cc(C(C)Nc2ccccc2S(C)(=O)=O)c2nc(N3Cc4ccccc4C3)n(C)c(=O)c2c1. The van der Waals surface area contributed by atoms with Gasteiger partial charge in [-0.2, -0.15) is 0 Å². The molecule has 35 heavy (non-hydrogen) atoms. The number of nitrogens with zero attached hydrogens (tertiary/aromatic N) is 3. The molecule has 0 aliphatic carbocycles. The summed E-state index contributed by atoms with van der Waals surface area (Å²) < 4.78 is 26.2. The lowest BCUT2D eigenvalue weighted by molar-refractivity contribution is 0.602. The van der Waals surface area contributed by atoms with Crippen LogP contribution >= 0.6 is 0 Å². The largest absolute Gasteiger partial charge is 0.377 e. The number of aromatic nitrogens is 2. The van der Waals surface area contributed by atoms with Crippen LogP contribution < -0.4 is 15.8 Å². The minimum Gasteiger partial charge on any atom is -0.377 e. The fourth-order valence-corrected chi connectivity index (χ4v) is 5.70. The van der Waals surface area contributed by atoms with Crippen molar-refractivity contribution in [2.45, 2.75) is 37.9 Å². The van der Waals surface area contributed by atoms with Crippen LogP contribution in [-0.2, 0) is 30.0 Å². The summed E-state index contributed by atoms with van der Waals surface area (Å²) in [6, 6.07) is 18.7. The van der Waals surface area contributed by atoms with Gasteiger partial charge in [0.15, 0.2) is 9.84 Å². The maximum Gasteiger partial charge on any atom is 0.262 e. The average molecular weight is 489 g/mol. The van der Waals surface area contributed by atoms with Crippen LogP contribution in [0.2, 0.25) is 0 Å². The molecule has 0 saturated heterocycles. The Hall–Kier alpha value is -3.65. The third kappa shape index (κ3) is 4.18. The number of nitrogens with one attached hydrogen (secondary N) is 1. The Balaban J connectivity index is 1.61. The second-order valence-electron chi connectivity index (χ2n) is 9.29. The van der Waals surface area contributed by atoms with Crippen LogP contribution in [0.3, 0.4) is 0 Å². The van der Waals surface area contributed by atoms with Crippen LogP contribution in [0.5, 0.6) is 0 Å². The third-order valence-corrected chi connectivity index (χ3v) is 7.73. The van der Waals surface area contributed by atoms with E-state index in [0.29, 0.717) is 35.6 Å². The van der Waals surface area contributed by atoms with Gasteiger partial charge in [0.25, 0.3) is 5.56 Å². The number of benzene rings is 3. The average Bonchev–Trinajstić information content (AvgIpc) is 3.25. The van der Waals surface area contributed by atoms with Gasteiger partial charge in [0.2, 0.25) is 5.95 Å². The van der Waals surface area contributed by atoms with Crippen molar-refractivity contribution in [1.82, 2.24) is 9.55 Å². The highest BCUT2D eigenvalue weighted by Crippen LogP contribution is 2.32. The van der Waals surface area contributed by atoms with E-state index < -0.39 is 9.84 Å². The van der Waals surface area contributed by atoms with Crippen LogP contribution in [-0.4, -0.2) is 24.2 Å². The van der Waals surface area contributed by atoms with Gasteiger partial charge in [0.05, 0.1) is 27.5 Å². The van der Waals surface area contributed by atoms with E-state index in [0.717, 1.165) is 11.1 Å². The Morgan fingerprint density at radius 3 is 2.29 bits per heavy atom. The topological polar surface area (TPSA) is 84.3 Å². The molecule has 0 saturated carbocycles. The van der Waals surface area contributed by atoms with Crippen LogP contribution in [0, 0.1) is 6.92 Å². The Bertz CT molecular complexity index is 1600. The molecule has 8 heteroatoms. The Morgan fingerprint density at radius 2 is 1.63 bits per heavy atom. The van der Waals surface area contributed by atoms with E-state index >= 15 is 0 Å². The van der Waals surface area contributed by atoms with Gasteiger partial charge in [-0.05, 0) is 48.7 Å². The lowest BCUT2D eigenvalue weighted by Gasteiger charge is -2.23. The number of fused-ring (bicyclic) bond motifs is 2. The van der Waals surface area contributed by atoms with Gasteiger partial charge in [-0.15, -0.1) is 0 Å². The highest BCUT2D eigenvalue weighted by Gasteiger charge is 2.24. The molecule has 0 amide bonds. The summed E-state index contributed by atoms with van der Waals surface area (Å²) in [4.78, 5) is 20.8. The second kappa shape index (κ2) is 8.53. The number of anilines is 2. The van der Waals surface area contributed by atoms with E-state index in [4.69, 9.17) is 4.98 Å². The molecular formula is C27H28N4O3S. The maximum atomic E-state index is 13.4. The first-order valence-corrected chi connectivity index (χ1v) is 13.4. The maximum absolute atomic E-state index is 13.4. The highest BCUT2D eigenvalue weighted by atomic mass is 32.2. The standard InChI is InChI=1S/C27H28N4O3S/c1-17-13-21(18(2)28-23-11-7-8-12-24(23)35(4,33)34)25-22(14-17)26(32)30(3)27(29-25)31-15-19-9-5-6-10-20(19)16-31/h5-14,18,28H,15-16H2,1-4H3. The molecule has 2 heterocycles. The van der Waals surface area contributed by atoms with E-state index in [9.17, 15) is 13.2 Å². The summed E-state index contributed by atoms with van der Waals surface area (Å²) in [6.07, 6.45) is 1.20. The van der Waals surface area contributed by atoms with Gasteiger partial charge < -0.3 is 10.2 Å². The first-order valence-electron chi connectivity index (χ1n) is 11.5. The second-order valence-corrected chi connectivity index (χ2v) is 11.3. The van der Waals surface area contributed by atoms with Gasteiger partial charge >= 0.3 is 0 Å². The van der Waals surface area contributed by atoms with Crippen molar-refractivity contribution in [1.29, 1.82) is 0 Å². The number of rotatable bonds is 5. The molecule has 5 rings (SSSR count). The van der Waals surface area contributed by atoms with Crippen LogP contribution in [0.25, 0.3) is 10.9 Å². The Morgan fingerprint density at radius 1 is 1.00 bits per heavy atom. The molecule has 180 valence electrons. The number of para-hydroxylation sites is 1. The van der Waals surface area contributed by atoms with E-state index in [2.05, 4.69) is 22.3 Å². The van der Waals surface area contributed by atoms with Crippen LogP contribution in [0.1, 0.15) is 35.2 Å². The number of sulfone groups is 1. The van der Waals surface area contributed by atoms with Gasteiger partial charge in [-0.3, -0.25) is 9.36 Å². The summed E-state index contributed by atoms with van der Waals surface area (Å²) in [7, 11) is -1.64. The number of hydrogen-bond acceptors (Lipinski definition) is 6. The van der Waals surface area contributed by atoms with Crippen molar-refractivity contribution in [2.24, 2.45) is 7.05 Å². The summed E-state index contributed by atoms with van der Waals surface area (Å²) in [6.45, 7) is 5.29. The summed E-state index contributed by atoms with van der Waals surface area (Å²) in [5, 5.41) is 3.90. The third-order valence-electron chi connectivity index (χ3n) is 6.58. The molecule has 0 fully saturated rings. The summed E-state index contributed by atoms with van der Waals surface area (Å²) >= 11 is 0. The Kier molecular flexibility index (Phi) is 5.63. The lowest BCUT2D eigenvalue weighted by Crippen LogP contribution is -2.28. The van der Waals surface area contributed by atoms with Gasteiger partial charge in [-0.1, -0.05) is 42.5 Å². The first kappa shape index (κ1) is 23.1. The van der Waals surface area contributed by atoms with Crippen molar-refractivity contribution in [2.75, 3.05) is 16.5 Å². The van der Waals surface area contributed by atoms with Gasteiger partial charge in [-0.25, -0.2) is 13.4 Å². The molecule has 1 aromatic heterocycles. The quantitative estimate of drug-likeness (QED) is 0.450. The molecule has 1 N–H and O–H groups in total.